The fourth-order valence-electron chi connectivity index (χ4n) is 2.37. The van der Waals surface area contributed by atoms with Crippen LogP contribution in [0.4, 0.5) is 10.1 Å². The zero-order valence-corrected chi connectivity index (χ0v) is 15.9. The standard InChI is InChI=1S/C19H14BrFN2O2S/c1-2-9-25-16-8-3-13(20)10-12(16)11-17-18(24)23(19(22)26-17)15-6-4-14(21)5-7-15/h2-8,10-11,22H,1,9H2/b17-11-,22-19?. The van der Waals surface area contributed by atoms with Crippen molar-refractivity contribution >= 4 is 50.5 Å². The predicted octanol–water partition coefficient (Wildman–Crippen LogP) is 5.21. The minimum atomic E-state index is -0.395. The van der Waals surface area contributed by atoms with Crippen LogP contribution in [0, 0.1) is 11.2 Å². The Morgan fingerprint density at radius 1 is 1.27 bits per heavy atom. The Bertz CT molecular complexity index is 912. The van der Waals surface area contributed by atoms with Crippen LogP contribution in [0.3, 0.4) is 0 Å². The zero-order valence-electron chi connectivity index (χ0n) is 13.5. The van der Waals surface area contributed by atoms with Gasteiger partial charge in [0.2, 0.25) is 0 Å². The second kappa shape index (κ2) is 7.88. The molecule has 1 amide bonds. The van der Waals surface area contributed by atoms with Crippen LogP contribution in [-0.2, 0) is 4.79 Å². The van der Waals surface area contributed by atoms with Gasteiger partial charge < -0.3 is 4.74 Å². The van der Waals surface area contributed by atoms with E-state index in [1.165, 1.54) is 29.2 Å². The summed E-state index contributed by atoms with van der Waals surface area (Å²) in [5.41, 5.74) is 1.17. The maximum absolute atomic E-state index is 13.1. The van der Waals surface area contributed by atoms with Gasteiger partial charge >= 0.3 is 0 Å². The Labute approximate surface area is 163 Å². The average Bonchev–Trinajstić information content (AvgIpc) is 2.89. The van der Waals surface area contributed by atoms with Gasteiger partial charge in [-0.3, -0.25) is 15.1 Å². The number of amidine groups is 1. The van der Waals surface area contributed by atoms with E-state index < -0.39 is 5.82 Å². The first-order valence-electron chi connectivity index (χ1n) is 7.61. The minimum Gasteiger partial charge on any atom is -0.489 e. The number of amides is 1. The van der Waals surface area contributed by atoms with Crippen molar-refractivity contribution in [2.24, 2.45) is 0 Å². The minimum absolute atomic E-state index is 0.0661. The van der Waals surface area contributed by atoms with Crippen molar-refractivity contribution in [1.82, 2.24) is 0 Å². The van der Waals surface area contributed by atoms with Gasteiger partial charge in [-0.25, -0.2) is 4.39 Å². The normalized spacial score (nSPS) is 15.6. The quantitative estimate of drug-likeness (QED) is 0.521. The topological polar surface area (TPSA) is 53.4 Å². The molecule has 0 saturated carbocycles. The summed E-state index contributed by atoms with van der Waals surface area (Å²) in [7, 11) is 0. The van der Waals surface area contributed by atoms with Gasteiger partial charge in [0.1, 0.15) is 18.2 Å². The first-order chi connectivity index (χ1) is 12.5. The molecule has 2 aromatic carbocycles. The second-order valence-electron chi connectivity index (χ2n) is 5.31. The van der Waals surface area contributed by atoms with E-state index in [4.69, 9.17) is 10.1 Å². The van der Waals surface area contributed by atoms with Crippen LogP contribution in [-0.4, -0.2) is 17.7 Å². The molecule has 0 bridgehead atoms. The monoisotopic (exact) mass is 432 g/mol. The third kappa shape index (κ3) is 3.89. The molecular formula is C19H14BrFN2O2S. The number of halogens is 2. The Morgan fingerprint density at radius 3 is 2.69 bits per heavy atom. The largest absolute Gasteiger partial charge is 0.489 e. The van der Waals surface area contributed by atoms with Crippen LogP contribution in [0.15, 0.2) is 64.5 Å². The molecule has 0 aliphatic carbocycles. The molecule has 2 aromatic rings. The van der Waals surface area contributed by atoms with Crippen LogP contribution in [0.1, 0.15) is 5.56 Å². The number of thioether (sulfide) groups is 1. The van der Waals surface area contributed by atoms with E-state index in [-0.39, 0.29) is 11.1 Å². The lowest BCUT2D eigenvalue weighted by Crippen LogP contribution is -2.28. The number of rotatable bonds is 5. The lowest BCUT2D eigenvalue weighted by molar-refractivity contribution is -0.113. The first-order valence-corrected chi connectivity index (χ1v) is 9.22. The smallest absolute Gasteiger partial charge is 0.271 e. The maximum atomic E-state index is 13.1. The molecule has 0 spiro atoms. The van der Waals surface area contributed by atoms with Crippen LogP contribution in [0.25, 0.3) is 6.08 Å². The Morgan fingerprint density at radius 2 is 2.00 bits per heavy atom. The number of carbonyl (C=O) groups is 1. The van der Waals surface area contributed by atoms with Crippen molar-refractivity contribution in [2.75, 3.05) is 11.5 Å². The van der Waals surface area contributed by atoms with Crippen LogP contribution in [0.2, 0.25) is 0 Å². The Kier molecular flexibility index (Phi) is 5.58. The number of benzene rings is 2. The summed E-state index contributed by atoms with van der Waals surface area (Å²) in [5, 5.41) is 8.18. The predicted molar refractivity (Wildman–Crippen MR) is 107 cm³/mol. The number of carbonyl (C=O) groups excluding carboxylic acids is 1. The van der Waals surface area contributed by atoms with Gasteiger partial charge in [-0.1, -0.05) is 28.6 Å². The molecule has 1 aliphatic rings. The fourth-order valence-corrected chi connectivity index (χ4v) is 3.60. The van der Waals surface area contributed by atoms with Crippen LogP contribution < -0.4 is 9.64 Å². The third-order valence-electron chi connectivity index (χ3n) is 3.52. The van der Waals surface area contributed by atoms with E-state index in [2.05, 4.69) is 22.5 Å². The summed E-state index contributed by atoms with van der Waals surface area (Å²) >= 11 is 4.46. The molecule has 3 rings (SSSR count). The molecular weight excluding hydrogens is 419 g/mol. The highest BCUT2D eigenvalue weighted by Gasteiger charge is 2.33. The average molecular weight is 433 g/mol. The van der Waals surface area contributed by atoms with E-state index in [0.717, 1.165) is 16.2 Å². The van der Waals surface area contributed by atoms with E-state index in [1.807, 2.05) is 12.1 Å². The molecule has 1 saturated heterocycles. The SMILES string of the molecule is C=CCOc1ccc(Br)cc1/C=C1\SC(=N)N(c2ccc(F)cc2)C1=O. The van der Waals surface area contributed by atoms with Crippen molar-refractivity contribution in [3.05, 3.63) is 75.9 Å². The Balaban J connectivity index is 1.94. The number of nitrogens with one attached hydrogen (secondary N) is 1. The molecule has 4 nitrogen and oxygen atoms in total. The highest BCUT2D eigenvalue weighted by Crippen LogP contribution is 2.37. The zero-order chi connectivity index (χ0) is 18.7. The molecule has 0 atom stereocenters. The van der Waals surface area contributed by atoms with Crippen molar-refractivity contribution in [1.29, 1.82) is 5.41 Å². The van der Waals surface area contributed by atoms with Gasteiger partial charge in [-0.05, 0) is 60.3 Å². The summed E-state index contributed by atoms with van der Waals surface area (Å²) in [6.45, 7) is 3.97. The molecule has 1 N–H and O–H groups in total. The molecule has 1 heterocycles. The summed E-state index contributed by atoms with van der Waals surface area (Å²) < 4.78 is 19.6. The van der Waals surface area contributed by atoms with E-state index in [9.17, 15) is 9.18 Å². The number of nitrogens with zero attached hydrogens (tertiary/aromatic N) is 1. The Hall–Kier alpha value is -2.38. The molecule has 0 radical (unpaired) electrons. The van der Waals surface area contributed by atoms with Crippen molar-refractivity contribution in [2.45, 2.75) is 0 Å². The van der Waals surface area contributed by atoms with Gasteiger partial charge in [0.05, 0.1) is 10.6 Å². The fraction of sp³-hybridized carbons (Fsp3) is 0.0526. The molecule has 7 heteroatoms. The summed E-state index contributed by atoms with van der Waals surface area (Å²) in [6, 6.07) is 11.0. The van der Waals surface area contributed by atoms with Gasteiger partial charge in [0.25, 0.3) is 5.91 Å². The van der Waals surface area contributed by atoms with Crippen LogP contribution in [0.5, 0.6) is 5.75 Å². The third-order valence-corrected chi connectivity index (χ3v) is 4.91. The van der Waals surface area contributed by atoms with Crippen molar-refractivity contribution < 1.29 is 13.9 Å². The molecule has 0 aromatic heterocycles. The van der Waals surface area contributed by atoms with Gasteiger partial charge in [0, 0.05) is 10.0 Å². The maximum Gasteiger partial charge on any atom is 0.271 e. The summed E-state index contributed by atoms with van der Waals surface area (Å²) in [6.07, 6.45) is 3.33. The number of anilines is 1. The highest BCUT2D eigenvalue weighted by atomic mass is 79.9. The number of hydrogen-bond donors (Lipinski definition) is 1. The molecule has 1 aliphatic heterocycles. The molecule has 26 heavy (non-hydrogen) atoms. The lowest BCUT2D eigenvalue weighted by atomic mass is 10.2. The highest BCUT2D eigenvalue weighted by molar-refractivity contribution is 9.10. The number of ether oxygens (including phenoxy) is 1. The lowest BCUT2D eigenvalue weighted by Gasteiger charge is -2.14. The van der Waals surface area contributed by atoms with Gasteiger partial charge in [0.15, 0.2) is 5.17 Å². The van der Waals surface area contributed by atoms with E-state index in [1.54, 1.807) is 18.2 Å². The van der Waals surface area contributed by atoms with Crippen molar-refractivity contribution in [3.63, 3.8) is 0 Å². The van der Waals surface area contributed by atoms with E-state index in [0.29, 0.717) is 28.5 Å². The summed E-state index contributed by atoms with van der Waals surface area (Å²) in [4.78, 5) is 14.4. The summed E-state index contributed by atoms with van der Waals surface area (Å²) in [5.74, 6) is -0.115. The van der Waals surface area contributed by atoms with Gasteiger partial charge in [-0.2, -0.15) is 0 Å². The number of hydrogen-bond acceptors (Lipinski definition) is 4. The van der Waals surface area contributed by atoms with Gasteiger partial charge in [-0.15, -0.1) is 0 Å². The van der Waals surface area contributed by atoms with E-state index >= 15 is 0 Å². The molecule has 132 valence electrons. The van der Waals surface area contributed by atoms with Crippen molar-refractivity contribution in [3.8, 4) is 5.75 Å². The molecule has 0 unspecified atom stereocenters. The van der Waals surface area contributed by atoms with Crippen LogP contribution >= 0.6 is 27.7 Å². The second-order valence-corrected chi connectivity index (χ2v) is 7.26. The molecule has 1 fully saturated rings. The first kappa shape index (κ1) is 18.4.